The Morgan fingerprint density at radius 3 is 1.40 bits per heavy atom. The molecule has 0 aliphatic heterocycles. The molecule has 10 heavy (non-hydrogen) atoms. The second kappa shape index (κ2) is 16.2. The molecule has 0 saturated heterocycles. The van der Waals surface area contributed by atoms with E-state index in [-0.39, 0.29) is 54.0 Å². The number of hydrogen-bond donors (Lipinski definition) is 2. The van der Waals surface area contributed by atoms with E-state index in [9.17, 15) is 0 Å². The number of nitrogens with zero attached hydrogens (tertiary/aromatic N) is 1. The van der Waals surface area contributed by atoms with E-state index in [0.29, 0.717) is 0 Å². The van der Waals surface area contributed by atoms with Gasteiger partial charge in [-0.25, -0.2) is 0 Å². The van der Waals surface area contributed by atoms with Crippen LogP contribution in [0.15, 0.2) is 0 Å². The van der Waals surface area contributed by atoms with Gasteiger partial charge in [-0.05, 0) is 13.8 Å². The second-order valence-corrected chi connectivity index (χ2v) is 1.32. The third-order valence-corrected chi connectivity index (χ3v) is 0. The summed E-state index contributed by atoms with van der Waals surface area (Å²) in [5, 5.41) is 22.8. The quantitative estimate of drug-likeness (QED) is 0.488. The first kappa shape index (κ1) is 22.4. The fourth-order valence-electron chi connectivity index (χ4n) is 0. The zero-order chi connectivity index (χ0) is 7.15. The van der Waals surface area contributed by atoms with Crippen LogP contribution in [0, 0.1) is 57.1 Å². The molecule has 0 spiro atoms. The van der Waals surface area contributed by atoms with E-state index >= 15 is 0 Å². The van der Waals surface area contributed by atoms with Crippen LogP contribution in [0.4, 0.5) is 0 Å². The molecule has 0 unspecified atom stereocenters. The number of aliphatic hydroxyl groups excluding tert-OH is 1. The Hall–Kier alpha value is 0.497. The number of rotatable bonds is 0. The number of aliphatic hydroxyl groups is 1. The van der Waals surface area contributed by atoms with E-state index < -0.39 is 5.09 Å². The summed E-state index contributed by atoms with van der Waals surface area (Å²) in [7, 11) is 0. The van der Waals surface area contributed by atoms with Crippen molar-refractivity contribution in [3.63, 3.8) is 0 Å². The smallest absolute Gasteiger partial charge is 0.0689 e. The van der Waals surface area contributed by atoms with Crippen LogP contribution in [0.25, 0.3) is 0 Å². The fourth-order valence-corrected chi connectivity index (χ4v) is 0. The van der Waals surface area contributed by atoms with Gasteiger partial charge in [-0.3, -0.25) is 0 Å². The van der Waals surface area contributed by atoms with Crippen LogP contribution >= 0.6 is 0 Å². The number of hydrogen-bond acceptors (Lipinski definition) is 5. The Morgan fingerprint density at radius 2 is 1.40 bits per heavy atom. The maximum Gasteiger partial charge on any atom is 0.0689 e. The summed E-state index contributed by atoms with van der Waals surface area (Å²) in [5.74, 6) is 0. The van der Waals surface area contributed by atoms with Crippen LogP contribution in [-0.2, 0) is 0 Å². The molecule has 0 bridgehead atoms. The summed E-state index contributed by atoms with van der Waals surface area (Å²) in [6, 6.07) is 0. The zero-order valence-electron chi connectivity index (χ0n) is 5.90. The monoisotopic (exact) mass is 279 g/mol. The van der Waals surface area contributed by atoms with Crippen LogP contribution < -0.4 is 6.15 Å². The van der Waals surface area contributed by atoms with E-state index in [1.807, 2.05) is 0 Å². The molecule has 0 fully saturated rings. The van der Waals surface area contributed by atoms with Crippen molar-refractivity contribution in [2.75, 3.05) is 0 Å². The summed E-state index contributed by atoms with van der Waals surface area (Å²) in [5.41, 5.74) is 0. The van der Waals surface area contributed by atoms with Gasteiger partial charge in [-0.15, -0.1) is 0 Å². The minimum Gasteiger partial charge on any atom is -0.394 e. The molecule has 7 heteroatoms. The second-order valence-electron chi connectivity index (χ2n) is 1.32. The molecule has 0 aliphatic rings. The minimum atomic E-state index is -1.75. The molecule has 0 amide bonds. The molecule has 0 aromatic heterocycles. The maximum atomic E-state index is 8.25. The normalized spacial score (nSPS) is 6.00. The molecule has 0 radical (unpaired) electrons. The van der Waals surface area contributed by atoms with Crippen LogP contribution in [0.5, 0.6) is 0 Å². The van der Waals surface area contributed by atoms with Gasteiger partial charge < -0.3 is 26.6 Å². The van der Waals surface area contributed by atoms with Crippen molar-refractivity contribution in [2.45, 2.75) is 20.0 Å². The van der Waals surface area contributed by atoms with E-state index in [2.05, 4.69) is 0 Å². The molecule has 0 aliphatic carbocycles. The molecule has 6 nitrogen and oxygen atoms in total. The van der Waals surface area contributed by atoms with Crippen LogP contribution in [0.2, 0.25) is 0 Å². The van der Waals surface area contributed by atoms with Crippen molar-refractivity contribution < 1.29 is 51.9 Å². The molecule has 0 atom stereocenters. The van der Waals surface area contributed by atoms with Gasteiger partial charge in [0.1, 0.15) is 0 Å². The van der Waals surface area contributed by atoms with Crippen LogP contribution in [-0.4, -0.2) is 16.3 Å². The molecule has 0 saturated carbocycles. The first-order chi connectivity index (χ1) is 3.46. The van der Waals surface area contributed by atoms with Crippen LogP contribution in [0.3, 0.4) is 0 Å². The summed E-state index contributed by atoms with van der Waals surface area (Å²) in [6.45, 7) is 3.44. The Labute approximate surface area is 92.7 Å². The maximum absolute atomic E-state index is 8.25. The average molecular weight is 279 g/mol. The van der Waals surface area contributed by atoms with Gasteiger partial charge in [-0.1, -0.05) is 0 Å². The van der Waals surface area contributed by atoms with Gasteiger partial charge in [0.25, 0.3) is 0 Å². The predicted octanol–water partition coefficient (Wildman–Crippen LogP) is 0.310. The molecule has 4 N–H and O–H groups in total. The predicted molar refractivity (Wildman–Crippen MR) is 32.7 cm³/mol. The van der Waals surface area contributed by atoms with Gasteiger partial charge >= 0.3 is 0 Å². The molecule has 0 aromatic rings. The van der Waals surface area contributed by atoms with Crippen molar-refractivity contribution in [1.29, 1.82) is 0 Å². The van der Waals surface area contributed by atoms with E-state index in [4.69, 9.17) is 20.4 Å². The van der Waals surface area contributed by atoms with Gasteiger partial charge in [0.05, 0.1) is 5.09 Å². The van der Waals surface area contributed by atoms with Gasteiger partial charge in [0.15, 0.2) is 0 Å². The van der Waals surface area contributed by atoms with E-state index in [1.54, 1.807) is 13.8 Å². The average Bonchev–Trinajstić information content (AvgIpc) is 1.25. The summed E-state index contributed by atoms with van der Waals surface area (Å²) >= 11 is 0. The summed E-state index contributed by atoms with van der Waals surface area (Å²) in [4.78, 5) is 8.25. The molecular weight excluding hydrogens is 268 g/mol. The van der Waals surface area contributed by atoms with Crippen molar-refractivity contribution in [1.82, 2.24) is 6.15 Å². The van der Waals surface area contributed by atoms with Crippen LogP contribution in [0.1, 0.15) is 13.8 Å². The summed E-state index contributed by atoms with van der Waals surface area (Å²) < 4.78 is 0. The summed E-state index contributed by atoms with van der Waals surface area (Å²) in [6.07, 6.45) is -0.167. The Balaban J connectivity index is -0.0000000300. The van der Waals surface area contributed by atoms with Gasteiger partial charge in [0.2, 0.25) is 0 Å². The SMILES string of the molecule is CC(C)O.N.O=[N+]([O-])[O-].[Ce]. The standard InChI is InChI=1S/C3H8O.Ce.NO3.H3N/c1-3(2)4;;2-1(3)4;/h3-4H,1-2H3;;;1H3/q;;-1;. The third kappa shape index (κ3) is 1940. The Morgan fingerprint density at radius 1 is 1.40 bits per heavy atom. The van der Waals surface area contributed by atoms with E-state index in [0.717, 1.165) is 0 Å². The van der Waals surface area contributed by atoms with Gasteiger partial charge in [0, 0.05) is 47.9 Å². The molecule has 0 heterocycles. The largest absolute Gasteiger partial charge is 0.394 e. The zero-order valence-corrected chi connectivity index (χ0v) is 9.04. The molecule has 0 aromatic carbocycles. The van der Waals surface area contributed by atoms with Crippen molar-refractivity contribution in [2.24, 2.45) is 0 Å². The Kier molecular flexibility index (Phi) is 36.4. The van der Waals surface area contributed by atoms with Gasteiger partial charge in [-0.2, -0.15) is 0 Å². The first-order valence-corrected chi connectivity index (χ1v) is 1.96. The molecule has 0 rings (SSSR count). The van der Waals surface area contributed by atoms with E-state index in [1.165, 1.54) is 0 Å². The molecular formula is C3H11CeN2O4-. The van der Waals surface area contributed by atoms with Crippen molar-refractivity contribution in [3.8, 4) is 0 Å². The fraction of sp³-hybridized carbons (Fsp3) is 1.00. The topological polar surface area (TPSA) is 121 Å². The Bertz CT molecular complexity index is 62.8. The van der Waals surface area contributed by atoms with Crippen molar-refractivity contribution >= 4 is 0 Å². The third-order valence-electron chi connectivity index (χ3n) is 0. The van der Waals surface area contributed by atoms with Crippen molar-refractivity contribution in [3.05, 3.63) is 15.3 Å². The first-order valence-electron chi connectivity index (χ1n) is 1.96. The molecule has 62 valence electrons. The minimum absolute atomic E-state index is 0.